The van der Waals surface area contributed by atoms with Crippen LogP contribution >= 0.6 is 11.6 Å². The van der Waals surface area contributed by atoms with E-state index in [0.717, 1.165) is 41.5 Å². The fraction of sp³-hybridized carbons (Fsp3) is 0.258. The molecule has 1 aliphatic heterocycles. The molecule has 1 atom stereocenters. The number of hydrogen-bond acceptors (Lipinski definition) is 3. The lowest BCUT2D eigenvalue weighted by Crippen LogP contribution is -2.48. The first-order chi connectivity index (χ1) is 17.6. The number of hydrogen-bond donors (Lipinski definition) is 1. The third-order valence-corrected chi connectivity index (χ3v) is 7.98. The first-order valence-corrected chi connectivity index (χ1v) is 12.8. The highest BCUT2D eigenvalue weighted by Crippen LogP contribution is 2.51. The molecule has 0 aromatic heterocycles. The number of halogens is 1. The van der Waals surface area contributed by atoms with Gasteiger partial charge in [-0.1, -0.05) is 84.4 Å². The van der Waals surface area contributed by atoms with Crippen molar-refractivity contribution >= 4 is 23.1 Å². The Morgan fingerprint density at radius 3 is 2.42 bits per heavy atom. The topological polar surface area (TPSA) is 49.8 Å². The van der Waals surface area contributed by atoms with Crippen LogP contribution in [0.15, 0.2) is 91.0 Å². The third-order valence-electron chi connectivity index (χ3n) is 7.73. The lowest BCUT2D eigenvalue weighted by atomic mass is 9.92. The lowest BCUT2D eigenvalue weighted by molar-refractivity contribution is -0.121. The summed E-state index contributed by atoms with van der Waals surface area (Å²) in [6, 6.07) is 23.6. The quantitative estimate of drug-likeness (QED) is 0.436. The summed E-state index contributed by atoms with van der Waals surface area (Å²) in [5.74, 6) is -0.0685. The van der Waals surface area contributed by atoms with Gasteiger partial charge < -0.3 is 9.84 Å². The van der Waals surface area contributed by atoms with Crippen LogP contribution in [0.3, 0.4) is 0 Å². The van der Waals surface area contributed by atoms with Gasteiger partial charge in [0.1, 0.15) is 0 Å². The van der Waals surface area contributed by atoms with Gasteiger partial charge in [-0.2, -0.15) is 0 Å². The molecule has 1 unspecified atom stereocenters. The largest absolute Gasteiger partial charge is 0.396 e. The minimum absolute atomic E-state index is 0.0685. The van der Waals surface area contributed by atoms with Gasteiger partial charge >= 0.3 is 0 Å². The number of benzene rings is 3. The maximum atomic E-state index is 14.1. The number of rotatable bonds is 7. The van der Waals surface area contributed by atoms with Gasteiger partial charge in [-0.15, -0.1) is 0 Å². The summed E-state index contributed by atoms with van der Waals surface area (Å²) in [6.07, 6.45) is 9.00. The van der Waals surface area contributed by atoms with Crippen LogP contribution in [0.25, 0.3) is 5.57 Å². The molecule has 0 radical (unpaired) electrons. The molecule has 0 spiro atoms. The molecule has 1 fully saturated rings. The SMILES string of the molecule is O=C1c2ccccc2C(OCC2(CO)CC2)(c2ccc(Cl)cc2)N1CC1=CC=CCc2ccccc21. The van der Waals surface area contributed by atoms with Gasteiger partial charge in [0.25, 0.3) is 5.91 Å². The van der Waals surface area contributed by atoms with Gasteiger partial charge in [-0.3, -0.25) is 9.69 Å². The molecule has 3 aromatic rings. The molecule has 0 bridgehead atoms. The van der Waals surface area contributed by atoms with E-state index in [2.05, 4.69) is 36.4 Å². The first-order valence-electron chi connectivity index (χ1n) is 12.4. The first kappa shape index (κ1) is 23.2. The number of aliphatic hydroxyl groups is 1. The zero-order valence-electron chi connectivity index (χ0n) is 20.0. The summed E-state index contributed by atoms with van der Waals surface area (Å²) in [7, 11) is 0. The molecule has 1 heterocycles. The lowest BCUT2D eigenvalue weighted by Gasteiger charge is -2.41. The zero-order valence-corrected chi connectivity index (χ0v) is 20.7. The Morgan fingerprint density at radius 1 is 0.944 bits per heavy atom. The van der Waals surface area contributed by atoms with Crippen molar-refractivity contribution in [3.8, 4) is 0 Å². The van der Waals surface area contributed by atoms with Gasteiger partial charge in [-0.25, -0.2) is 0 Å². The summed E-state index contributed by atoms with van der Waals surface area (Å²) in [5, 5.41) is 10.7. The summed E-state index contributed by atoms with van der Waals surface area (Å²) >= 11 is 6.27. The summed E-state index contributed by atoms with van der Waals surface area (Å²) in [6.45, 7) is 0.812. The van der Waals surface area contributed by atoms with E-state index in [-0.39, 0.29) is 17.9 Å². The van der Waals surface area contributed by atoms with E-state index < -0.39 is 5.72 Å². The standard InChI is InChI=1S/C31H28ClNO3/c32-25-15-13-24(14-16-25)31(36-21-30(20-34)17-18-30)28-12-6-5-11-27(28)29(35)33(31)19-23-9-2-1-7-22-8-3-4-10-26(22)23/h1-6,8-16,34H,7,17-21H2. The zero-order chi connectivity index (χ0) is 24.8. The molecule has 2 aliphatic carbocycles. The van der Waals surface area contributed by atoms with Crippen LogP contribution in [0, 0.1) is 5.41 Å². The van der Waals surface area contributed by atoms with Crippen LogP contribution in [0.2, 0.25) is 5.02 Å². The van der Waals surface area contributed by atoms with E-state index >= 15 is 0 Å². The molecule has 0 saturated heterocycles. The highest BCUT2D eigenvalue weighted by Gasteiger charge is 2.54. The van der Waals surface area contributed by atoms with Crippen LogP contribution in [0.4, 0.5) is 0 Å². The average Bonchev–Trinajstić information content (AvgIpc) is 3.69. The maximum Gasteiger partial charge on any atom is 0.257 e. The number of carbonyl (C=O) groups excluding carboxylic acids is 1. The summed E-state index contributed by atoms with van der Waals surface area (Å²) < 4.78 is 6.86. The van der Waals surface area contributed by atoms with Crippen LogP contribution in [-0.2, 0) is 16.9 Å². The van der Waals surface area contributed by atoms with Gasteiger partial charge in [-0.05, 0) is 54.2 Å². The van der Waals surface area contributed by atoms with Crippen molar-refractivity contribution in [3.63, 3.8) is 0 Å². The second-order valence-electron chi connectivity index (χ2n) is 10.0. The van der Waals surface area contributed by atoms with E-state index in [1.54, 1.807) is 0 Å². The minimum atomic E-state index is -1.13. The molecule has 1 amide bonds. The van der Waals surface area contributed by atoms with Gasteiger partial charge in [0.2, 0.25) is 0 Å². The Hall–Kier alpha value is -3.18. The number of fused-ring (bicyclic) bond motifs is 2. The molecule has 3 aromatic carbocycles. The summed E-state index contributed by atoms with van der Waals surface area (Å²) in [5.41, 5.74) is 4.37. The molecule has 3 aliphatic rings. The van der Waals surface area contributed by atoms with Crippen LogP contribution in [0.1, 0.15) is 45.5 Å². The van der Waals surface area contributed by atoms with Crippen LogP contribution < -0.4 is 0 Å². The average molecular weight is 498 g/mol. The highest BCUT2D eigenvalue weighted by molar-refractivity contribution is 6.30. The fourth-order valence-electron chi connectivity index (χ4n) is 5.38. The van der Waals surface area contributed by atoms with Crippen molar-refractivity contribution in [2.75, 3.05) is 19.8 Å². The molecule has 6 rings (SSSR count). The third kappa shape index (κ3) is 3.81. The molecule has 5 heteroatoms. The van der Waals surface area contributed by atoms with Crippen LogP contribution in [0.5, 0.6) is 0 Å². The molecule has 4 nitrogen and oxygen atoms in total. The fourth-order valence-corrected chi connectivity index (χ4v) is 5.51. The van der Waals surface area contributed by atoms with Crippen molar-refractivity contribution in [2.24, 2.45) is 5.41 Å². The van der Waals surface area contributed by atoms with E-state index in [0.29, 0.717) is 23.7 Å². The molecular formula is C31H28ClNO3. The second-order valence-corrected chi connectivity index (χ2v) is 10.5. The smallest absolute Gasteiger partial charge is 0.257 e. The van der Waals surface area contributed by atoms with Gasteiger partial charge in [0, 0.05) is 27.1 Å². The molecule has 1 saturated carbocycles. The van der Waals surface area contributed by atoms with E-state index in [9.17, 15) is 9.90 Å². The Kier molecular flexibility index (Phi) is 5.83. The Balaban J connectivity index is 1.51. The number of carbonyl (C=O) groups is 1. The molecule has 182 valence electrons. The van der Waals surface area contributed by atoms with Crippen molar-refractivity contribution in [2.45, 2.75) is 25.0 Å². The van der Waals surface area contributed by atoms with E-state index in [4.69, 9.17) is 16.3 Å². The van der Waals surface area contributed by atoms with Crippen molar-refractivity contribution in [1.29, 1.82) is 0 Å². The van der Waals surface area contributed by atoms with Gasteiger partial charge in [0.05, 0.1) is 19.8 Å². The predicted octanol–water partition coefficient (Wildman–Crippen LogP) is 5.98. The van der Waals surface area contributed by atoms with Crippen molar-refractivity contribution in [1.82, 2.24) is 4.90 Å². The minimum Gasteiger partial charge on any atom is -0.396 e. The van der Waals surface area contributed by atoms with Crippen LogP contribution in [-0.4, -0.2) is 35.7 Å². The maximum absolute atomic E-state index is 14.1. The number of aliphatic hydroxyl groups excluding tert-OH is 1. The molecule has 36 heavy (non-hydrogen) atoms. The molecular weight excluding hydrogens is 470 g/mol. The Bertz CT molecular complexity index is 1370. The van der Waals surface area contributed by atoms with E-state index in [1.807, 2.05) is 59.5 Å². The molecule has 1 N–H and O–H groups in total. The normalized spacial score (nSPS) is 21.6. The van der Waals surface area contributed by atoms with Crippen molar-refractivity contribution < 1.29 is 14.6 Å². The van der Waals surface area contributed by atoms with Gasteiger partial charge in [0.15, 0.2) is 5.72 Å². The number of amides is 1. The predicted molar refractivity (Wildman–Crippen MR) is 142 cm³/mol. The number of nitrogens with zero attached hydrogens (tertiary/aromatic N) is 1. The highest BCUT2D eigenvalue weighted by atomic mass is 35.5. The number of allylic oxidation sites excluding steroid dienone is 3. The van der Waals surface area contributed by atoms with Crippen molar-refractivity contribution in [3.05, 3.63) is 124 Å². The number of ether oxygens (including phenoxy) is 1. The second kappa shape index (κ2) is 9.04. The summed E-state index contributed by atoms with van der Waals surface area (Å²) in [4.78, 5) is 15.9. The Morgan fingerprint density at radius 2 is 1.67 bits per heavy atom. The van der Waals surface area contributed by atoms with E-state index in [1.165, 1.54) is 5.56 Å². The Labute approximate surface area is 216 Å². The monoisotopic (exact) mass is 497 g/mol.